The van der Waals surface area contributed by atoms with Gasteiger partial charge in [-0.1, -0.05) is 13.0 Å². The number of esters is 2. The van der Waals surface area contributed by atoms with E-state index in [-0.39, 0.29) is 36.5 Å². The number of hydrogen-bond acceptors (Lipinski definition) is 8. The Morgan fingerprint density at radius 3 is 2.23 bits per heavy atom. The number of hydrogen-bond donors (Lipinski definition) is 2. The first-order valence-electron chi connectivity index (χ1n) is 11.0. The number of nitro benzene ring substituents is 1. The fourth-order valence-electron chi connectivity index (χ4n) is 2.88. The number of anilines is 2. The molecule has 2 amide bonds. The standard InChI is InChI=1S/C24H27N3O8/c1-3-13-34-24(31)17-8-11-18(12-9-17)25-21(28)5-4-6-23(30)35-15-22(29)26-19-10-7-16(2)20(14-19)27(32)33/h7-12,14H,3-6,13,15H2,1-2H3,(H,25,28)(H,26,29). The topological polar surface area (TPSA) is 154 Å². The molecule has 0 saturated carbocycles. The molecule has 11 heteroatoms. The summed E-state index contributed by atoms with van der Waals surface area (Å²) >= 11 is 0. The minimum absolute atomic E-state index is 0.0502. The first-order valence-corrected chi connectivity index (χ1v) is 11.0. The molecule has 0 aliphatic carbocycles. The van der Waals surface area contributed by atoms with Gasteiger partial charge in [-0.25, -0.2) is 4.79 Å². The Kier molecular flexibility index (Phi) is 10.3. The lowest BCUT2D eigenvalue weighted by atomic mass is 10.2. The van der Waals surface area contributed by atoms with E-state index in [1.165, 1.54) is 18.2 Å². The Balaban J connectivity index is 1.68. The summed E-state index contributed by atoms with van der Waals surface area (Å²) in [7, 11) is 0. The summed E-state index contributed by atoms with van der Waals surface area (Å²) < 4.78 is 9.92. The number of carbonyl (C=O) groups is 4. The monoisotopic (exact) mass is 485 g/mol. The summed E-state index contributed by atoms with van der Waals surface area (Å²) in [5, 5.41) is 16.1. The molecule has 2 aromatic carbocycles. The average molecular weight is 485 g/mol. The van der Waals surface area contributed by atoms with Gasteiger partial charge in [-0.3, -0.25) is 24.5 Å². The van der Waals surface area contributed by atoms with Crippen molar-refractivity contribution in [2.75, 3.05) is 23.8 Å². The number of nitrogens with one attached hydrogen (secondary N) is 2. The van der Waals surface area contributed by atoms with Gasteiger partial charge in [0.05, 0.1) is 17.1 Å². The number of aryl methyl sites for hydroxylation is 1. The number of amides is 2. The Hall–Kier alpha value is -4.28. The highest BCUT2D eigenvalue weighted by molar-refractivity contribution is 5.94. The third kappa shape index (κ3) is 9.24. The number of carbonyl (C=O) groups excluding carboxylic acids is 4. The summed E-state index contributed by atoms with van der Waals surface area (Å²) in [5.74, 6) is -2.05. The van der Waals surface area contributed by atoms with Crippen molar-refractivity contribution in [2.45, 2.75) is 39.5 Å². The van der Waals surface area contributed by atoms with Crippen LogP contribution in [-0.4, -0.2) is 41.9 Å². The second kappa shape index (κ2) is 13.4. The van der Waals surface area contributed by atoms with E-state index in [0.29, 0.717) is 23.4 Å². The third-order valence-corrected chi connectivity index (χ3v) is 4.68. The van der Waals surface area contributed by atoms with Gasteiger partial charge in [0.2, 0.25) is 5.91 Å². The maximum absolute atomic E-state index is 12.1. The number of benzene rings is 2. The lowest BCUT2D eigenvalue weighted by molar-refractivity contribution is -0.385. The van der Waals surface area contributed by atoms with E-state index >= 15 is 0 Å². The molecule has 11 nitrogen and oxygen atoms in total. The van der Waals surface area contributed by atoms with Crippen LogP contribution >= 0.6 is 0 Å². The number of ether oxygens (including phenoxy) is 2. The van der Waals surface area contributed by atoms with E-state index in [0.717, 1.165) is 6.42 Å². The molecule has 0 spiro atoms. The van der Waals surface area contributed by atoms with Gasteiger partial charge >= 0.3 is 11.9 Å². The SMILES string of the molecule is CCCOC(=O)c1ccc(NC(=O)CCCC(=O)OCC(=O)Nc2ccc(C)c([N+](=O)[O-])c2)cc1. The molecule has 0 fully saturated rings. The van der Waals surface area contributed by atoms with Gasteiger partial charge in [0.15, 0.2) is 6.61 Å². The Morgan fingerprint density at radius 1 is 0.914 bits per heavy atom. The molecule has 0 saturated heterocycles. The Morgan fingerprint density at radius 2 is 1.57 bits per heavy atom. The fourth-order valence-corrected chi connectivity index (χ4v) is 2.88. The van der Waals surface area contributed by atoms with Gasteiger partial charge in [0.1, 0.15) is 0 Å². The Labute approximate surface area is 201 Å². The zero-order valence-electron chi connectivity index (χ0n) is 19.5. The van der Waals surface area contributed by atoms with Crippen LogP contribution in [0.4, 0.5) is 17.1 Å². The summed E-state index contributed by atoms with van der Waals surface area (Å²) in [5.41, 5.74) is 1.41. The zero-order chi connectivity index (χ0) is 25.8. The van der Waals surface area contributed by atoms with Crippen molar-refractivity contribution in [3.05, 3.63) is 63.7 Å². The van der Waals surface area contributed by atoms with Crippen molar-refractivity contribution in [1.82, 2.24) is 0 Å². The van der Waals surface area contributed by atoms with Gasteiger partial charge in [-0.2, -0.15) is 0 Å². The van der Waals surface area contributed by atoms with Crippen LogP contribution in [0.25, 0.3) is 0 Å². The number of nitro groups is 1. The van der Waals surface area contributed by atoms with Gasteiger partial charge in [0, 0.05) is 35.8 Å². The first kappa shape index (κ1) is 27.0. The molecule has 0 aliphatic heterocycles. The van der Waals surface area contributed by atoms with Crippen LogP contribution in [0.1, 0.15) is 48.5 Å². The predicted octanol–water partition coefficient (Wildman–Crippen LogP) is 3.76. The summed E-state index contributed by atoms with van der Waals surface area (Å²) in [6.45, 7) is 3.25. The predicted molar refractivity (Wildman–Crippen MR) is 127 cm³/mol. The van der Waals surface area contributed by atoms with Crippen LogP contribution in [0.2, 0.25) is 0 Å². The van der Waals surface area contributed by atoms with Crippen molar-refractivity contribution >= 4 is 40.8 Å². The van der Waals surface area contributed by atoms with Crippen LogP contribution < -0.4 is 10.6 Å². The van der Waals surface area contributed by atoms with Crippen molar-refractivity contribution < 1.29 is 33.6 Å². The van der Waals surface area contributed by atoms with E-state index in [1.807, 2.05) is 6.92 Å². The lowest BCUT2D eigenvalue weighted by Crippen LogP contribution is -2.21. The van der Waals surface area contributed by atoms with Crippen molar-refractivity contribution in [3.8, 4) is 0 Å². The summed E-state index contributed by atoms with van der Waals surface area (Å²) in [6, 6.07) is 10.5. The minimum atomic E-state index is -0.655. The van der Waals surface area contributed by atoms with Crippen LogP contribution in [0.3, 0.4) is 0 Å². The quantitative estimate of drug-likeness (QED) is 0.262. The smallest absolute Gasteiger partial charge is 0.338 e. The molecule has 0 aromatic heterocycles. The molecule has 186 valence electrons. The molecule has 35 heavy (non-hydrogen) atoms. The highest BCUT2D eigenvalue weighted by Gasteiger charge is 2.14. The molecule has 0 aliphatic rings. The normalized spacial score (nSPS) is 10.2. The van der Waals surface area contributed by atoms with Crippen LogP contribution in [-0.2, 0) is 23.9 Å². The Bertz CT molecular complexity index is 1080. The molecule has 2 rings (SSSR count). The lowest BCUT2D eigenvalue weighted by Gasteiger charge is -2.08. The maximum atomic E-state index is 12.1. The molecule has 2 N–H and O–H groups in total. The number of nitrogens with zero attached hydrogens (tertiary/aromatic N) is 1. The highest BCUT2D eigenvalue weighted by Crippen LogP contribution is 2.22. The molecule has 0 heterocycles. The fraction of sp³-hybridized carbons (Fsp3) is 0.333. The molecular formula is C24H27N3O8. The number of rotatable bonds is 12. The third-order valence-electron chi connectivity index (χ3n) is 4.68. The van der Waals surface area contributed by atoms with Gasteiger partial charge < -0.3 is 20.1 Å². The largest absolute Gasteiger partial charge is 0.462 e. The van der Waals surface area contributed by atoms with Crippen LogP contribution in [0, 0.1) is 17.0 Å². The van der Waals surface area contributed by atoms with E-state index in [2.05, 4.69) is 10.6 Å². The van der Waals surface area contributed by atoms with Crippen molar-refractivity contribution in [1.29, 1.82) is 0 Å². The maximum Gasteiger partial charge on any atom is 0.338 e. The van der Waals surface area contributed by atoms with Gasteiger partial charge in [-0.15, -0.1) is 0 Å². The van der Waals surface area contributed by atoms with E-state index in [4.69, 9.17) is 9.47 Å². The van der Waals surface area contributed by atoms with E-state index in [9.17, 15) is 29.3 Å². The van der Waals surface area contributed by atoms with E-state index < -0.39 is 29.4 Å². The summed E-state index contributed by atoms with van der Waals surface area (Å²) in [4.78, 5) is 58.0. The van der Waals surface area contributed by atoms with E-state index in [1.54, 1.807) is 31.2 Å². The molecule has 0 atom stereocenters. The minimum Gasteiger partial charge on any atom is -0.462 e. The van der Waals surface area contributed by atoms with Gasteiger partial charge in [0.25, 0.3) is 11.6 Å². The highest BCUT2D eigenvalue weighted by atomic mass is 16.6. The van der Waals surface area contributed by atoms with Crippen LogP contribution in [0.15, 0.2) is 42.5 Å². The van der Waals surface area contributed by atoms with Crippen LogP contribution in [0.5, 0.6) is 0 Å². The average Bonchev–Trinajstić information content (AvgIpc) is 2.82. The van der Waals surface area contributed by atoms with Crippen molar-refractivity contribution in [2.24, 2.45) is 0 Å². The van der Waals surface area contributed by atoms with Crippen molar-refractivity contribution in [3.63, 3.8) is 0 Å². The zero-order valence-corrected chi connectivity index (χ0v) is 19.5. The second-order valence-corrected chi connectivity index (χ2v) is 7.58. The molecule has 2 aromatic rings. The van der Waals surface area contributed by atoms with Gasteiger partial charge in [-0.05, 0) is 50.1 Å². The molecule has 0 unspecified atom stereocenters. The summed E-state index contributed by atoms with van der Waals surface area (Å²) in [6.07, 6.45) is 0.909. The second-order valence-electron chi connectivity index (χ2n) is 7.58. The first-order chi connectivity index (χ1) is 16.7. The molecular weight excluding hydrogens is 458 g/mol. The molecule has 0 bridgehead atoms. The molecule has 0 radical (unpaired) electrons.